The molecule has 21 heavy (non-hydrogen) atoms. The molecule has 1 aromatic carbocycles. The summed E-state index contributed by atoms with van der Waals surface area (Å²) < 4.78 is 0. The first kappa shape index (κ1) is 15.6. The normalized spacial score (nSPS) is 17.2. The van der Waals surface area contributed by atoms with Crippen LogP contribution in [0.25, 0.3) is 0 Å². The van der Waals surface area contributed by atoms with Gasteiger partial charge in [0.2, 0.25) is 0 Å². The zero-order valence-corrected chi connectivity index (χ0v) is 12.4. The maximum atomic E-state index is 11.6. The van der Waals surface area contributed by atoms with E-state index in [4.69, 9.17) is 17.3 Å². The van der Waals surface area contributed by atoms with E-state index in [-0.39, 0.29) is 17.0 Å². The summed E-state index contributed by atoms with van der Waals surface area (Å²) in [4.78, 5) is 22.8. The third-order valence-electron chi connectivity index (χ3n) is 3.96. The van der Waals surface area contributed by atoms with Gasteiger partial charge in [-0.25, -0.2) is 0 Å². The van der Waals surface area contributed by atoms with Gasteiger partial charge in [-0.2, -0.15) is 0 Å². The Hall–Kier alpha value is -1.75. The second-order valence-corrected chi connectivity index (χ2v) is 5.97. The summed E-state index contributed by atoms with van der Waals surface area (Å²) in [6.45, 7) is 0. The smallest absolute Gasteiger partial charge is 0.305 e. The highest BCUT2D eigenvalue weighted by atomic mass is 35.5. The minimum Gasteiger partial charge on any atom is -0.481 e. The molecule has 1 saturated carbocycles. The van der Waals surface area contributed by atoms with Gasteiger partial charge < -0.3 is 16.2 Å². The van der Waals surface area contributed by atoms with Crippen molar-refractivity contribution in [1.29, 1.82) is 0 Å². The van der Waals surface area contributed by atoms with E-state index in [9.17, 15) is 14.7 Å². The molecule has 0 atom stereocenters. The molecule has 4 N–H and O–H groups in total. The highest BCUT2D eigenvalue weighted by Gasteiger charge is 2.35. The average Bonchev–Trinajstić information content (AvgIpc) is 2.38. The van der Waals surface area contributed by atoms with Crippen molar-refractivity contribution in [2.75, 3.05) is 5.32 Å². The van der Waals surface area contributed by atoms with Gasteiger partial charge in [-0.05, 0) is 25.0 Å². The van der Waals surface area contributed by atoms with Gasteiger partial charge in [0.05, 0.1) is 17.0 Å². The first-order chi connectivity index (χ1) is 9.93. The van der Waals surface area contributed by atoms with Gasteiger partial charge in [0.15, 0.2) is 0 Å². The average molecular weight is 311 g/mol. The molecular weight excluding hydrogens is 292 g/mol. The predicted molar refractivity (Wildman–Crippen MR) is 81.7 cm³/mol. The number of hydrogen-bond donors (Lipinski definition) is 3. The number of rotatable bonds is 5. The first-order valence-corrected chi connectivity index (χ1v) is 7.40. The number of amides is 1. The lowest BCUT2D eigenvalue weighted by Gasteiger charge is -2.38. The largest absolute Gasteiger partial charge is 0.481 e. The van der Waals surface area contributed by atoms with Crippen molar-refractivity contribution < 1.29 is 14.7 Å². The fourth-order valence-electron chi connectivity index (χ4n) is 3.03. The molecule has 0 spiro atoms. The quantitative estimate of drug-likeness (QED) is 0.779. The van der Waals surface area contributed by atoms with Gasteiger partial charge in [-0.1, -0.05) is 36.9 Å². The van der Waals surface area contributed by atoms with Gasteiger partial charge in [-0.15, -0.1) is 0 Å². The molecule has 0 unspecified atom stereocenters. The third-order valence-corrected chi connectivity index (χ3v) is 4.28. The van der Waals surface area contributed by atoms with Crippen LogP contribution >= 0.6 is 11.6 Å². The van der Waals surface area contributed by atoms with Gasteiger partial charge in [0.1, 0.15) is 0 Å². The van der Waals surface area contributed by atoms with Crippen molar-refractivity contribution in [1.82, 2.24) is 0 Å². The summed E-state index contributed by atoms with van der Waals surface area (Å²) in [6.07, 6.45) is 4.55. The van der Waals surface area contributed by atoms with E-state index in [1.807, 2.05) is 0 Å². The van der Waals surface area contributed by atoms with Crippen molar-refractivity contribution >= 4 is 29.2 Å². The van der Waals surface area contributed by atoms with Gasteiger partial charge in [-0.3, -0.25) is 9.59 Å². The topological polar surface area (TPSA) is 92.4 Å². The van der Waals surface area contributed by atoms with Crippen LogP contribution in [0.2, 0.25) is 5.02 Å². The van der Waals surface area contributed by atoms with E-state index in [0.29, 0.717) is 5.69 Å². The molecule has 0 radical (unpaired) electrons. The number of carbonyl (C=O) groups excluding carboxylic acids is 1. The van der Waals surface area contributed by atoms with Crippen LogP contribution in [0.1, 0.15) is 48.9 Å². The number of aliphatic carboxylic acids is 1. The number of anilines is 1. The molecule has 0 saturated heterocycles. The summed E-state index contributed by atoms with van der Waals surface area (Å²) in [5.74, 6) is -1.48. The molecule has 0 heterocycles. The molecule has 1 aromatic rings. The molecule has 2 rings (SSSR count). The molecule has 1 aliphatic carbocycles. The number of hydrogen-bond acceptors (Lipinski definition) is 3. The standard InChI is InChI=1S/C15H19ClN2O3/c16-10-5-4-6-11(13(10)14(17)21)18-15(9-12(19)20)7-2-1-3-8-15/h4-6,18H,1-3,7-9H2,(H2,17,21)(H,19,20). The molecule has 114 valence electrons. The highest BCUT2D eigenvalue weighted by Crippen LogP contribution is 2.36. The van der Waals surface area contributed by atoms with E-state index in [0.717, 1.165) is 32.1 Å². The van der Waals surface area contributed by atoms with E-state index >= 15 is 0 Å². The fourth-order valence-corrected chi connectivity index (χ4v) is 3.30. The van der Waals surface area contributed by atoms with Crippen LogP contribution < -0.4 is 11.1 Å². The maximum absolute atomic E-state index is 11.6. The van der Waals surface area contributed by atoms with Gasteiger partial charge >= 0.3 is 5.97 Å². The van der Waals surface area contributed by atoms with Gasteiger partial charge in [0, 0.05) is 11.2 Å². The summed E-state index contributed by atoms with van der Waals surface area (Å²) >= 11 is 6.04. The van der Waals surface area contributed by atoms with Crippen LogP contribution in [0, 0.1) is 0 Å². The number of halogens is 1. The van der Waals surface area contributed by atoms with Gasteiger partial charge in [0.25, 0.3) is 5.91 Å². The van der Waals surface area contributed by atoms with Crippen molar-refractivity contribution in [2.24, 2.45) is 5.73 Å². The Labute approximate surface area is 128 Å². The summed E-state index contributed by atoms with van der Waals surface area (Å²) in [5.41, 5.74) is 5.57. The molecule has 1 aliphatic rings. The number of benzene rings is 1. The Balaban J connectivity index is 2.35. The summed E-state index contributed by atoms with van der Waals surface area (Å²) in [7, 11) is 0. The zero-order valence-electron chi connectivity index (χ0n) is 11.7. The van der Waals surface area contributed by atoms with E-state index in [2.05, 4.69) is 5.32 Å². The number of carboxylic acids is 1. The number of nitrogens with two attached hydrogens (primary N) is 1. The van der Waals surface area contributed by atoms with Crippen LogP contribution in [0.15, 0.2) is 18.2 Å². The minimum absolute atomic E-state index is 0.0116. The Bertz CT molecular complexity index is 554. The van der Waals surface area contributed by atoms with Crippen molar-refractivity contribution in [3.05, 3.63) is 28.8 Å². The Morgan fingerprint density at radius 3 is 2.52 bits per heavy atom. The van der Waals surface area contributed by atoms with Crippen LogP contribution in [-0.4, -0.2) is 22.5 Å². The first-order valence-electron chi connectivity index (χ1n) is 7.02. The zero-order chi connectivity index (χ0) is 15.5. The van der Waals surface area contributed by atoms with Crippen LogP contribution in [0.3, 0.4) is 0 Å². The van der Waals surface area contributed by atoms with E-state index in [1.54, 1.807) is 18.2 Å². The molecule has 0 aliphatic heterocycles. The molecule has 0 bridgehead atoms. The van der Waals surface area contributed by atoms with Crippen molar-refractivity contribution in [3.8, 4) is 0 Å². The molecule has 1 amide bonds. The second-order valence-electron chi connectivity index (χ2n) is 5.56. The number of carboxylic acid groups (broad SMARTS) is 1. The third kappa shape index (κ3) is 3.67. The fraction of sp³-hybridized carbons (Fsp3) is 0.467. The Kier molecular flexibility index (Phi) is 4.73. The molecule has 5 nitrogen and oxygen atoms in total. The van der Waals surface area contributed by atoms with Crippen molar-refractivity contribution in [3.63, 3.8) is 0 Å². The van der Waals surface area contributed by atoms with Crippen LogP contribution in [0.4, 0.5) is 5.69 Å². The molecule has 0 aromatic heterocycles. The Morgan fingerprint density at radius 1 is 1.29 bits per heavy atom. The summed E-state index contributed by atoms with van der Waals surface area (Å²) in [6, 6.07) is 5.02. The SMILES string of the molecule is NC(=O)c1c(Cl)cccc1NC1(CC(=O)O)CCCCC1. The minimum atomic E-state index is -0.855. The summed E-state index contributed by atoms with van der Waals surface area (Å²) in [5, 5.41) is 12.7. The highest BCUT2D eigenvalue weighted by molar-refractivity contribution is 6.34. The number of primary amides is 1. The van der Waals surface area contributed by atoms with E-state index < -0.39 is 17.4 Å². The second kappa shape index (κ2) is 6.35. The molecule has 1 fully saturated rings. The molecular formula is C15H19ClN2O3. The molecule has 6 heteroatoms. The Morgan fingerprint density at radius 2 is 1.95 bits per heavy atom. The maximum Gasteiger partial charge on any atom is 0.305 e. The number of carbonyl (C=O) groups is 2. The van der Waals surface area contributed by atoms with Crippen molar-refractivity contribution in [2.45, 2.75) is 44.1 Å². The van der Waals surface area contributed by atoms with Crippen LogP contribution in [0.5, 0.6) is 0 Å². The lowest BCUT2D eigenvalue weighted by molar-refractivity contribution is -0.138. The lowest BCUT2D eigenvalue weighted by atomic mass is 9.79. The van der Waals surface area contributed by atoms with Crippen LogP contribution in [-0.2, 0) is 4.79 Å². The predicted octanol–water partition coefficient (Wildman–Crippen LogP) is 3.03. The monoisotopic (exact) mass is 310 g/mol. The van der Waals surface area contributed by atoms with E-state index in [1.165, 1.54) is 0 Å². The lowest BCUT2D eigenvalue weighted by Crippen LogP contribution is -2.42. The number of nitrogens with one attached hydrogen (secondary N) is 1.